The molecular weight excluding hydrogens is 506 g/mol. The third-order valence-electron chi connectivity index (χ3n) is 3.79. The smallest absolute Gasteiger partial charge is 0.407 e. The van der Waals surface area contributed by atoms with Gasteiger partial charge in [0.05, 0.1) is 41.3 Å². The van der Waals surface area contributed by atoms with E-state index in [0.717, 1.165) is 20.1 Å². The quantitative estimate of drug-likeness (QED) is 0.390. The van der Waals surface area contributed by atoms with E-state index >= 15 is 0 Å². The van der Waals surface area contributed by atoms with E-state index in [1.165, 1.54) is 6.21 Å². The first-order valence-electron chi connectivity index (χ1n) is 8.77. The Hall–Kier alpha value is -2.39. The molecule has 2 N–H and O–H groups in total. The molecule has 9 heteroatoms. The molecule has 0 heterocycles. The summed E-state index contributed by atoms with van der Waals surface area (Å²) in [5.74, 6) is 0.320. The minimum absolute atomic E-state index is 0.0101. The fourth-order valence-electron chi connectivity index (χ4n) is 2.51. The number of ether oxygens (including phenoxy) is 2. The van der Waals surface area contributed by atoms with E-state index in [9.17, 15) is 9.59 Å². The Labute approximate surface area is 186 Å². The largest absolute Gasteiger partial charge is 0.494 e. The van der Waals surface area contributed by atoms with E-state index in [0.29, 0.717) is 5.75 Å². The molecule has 0 bridgehead atoms. The SMILES string of the molecule is CCOC(=O)N[C@@H](CC(=O)N/N=C\c1cc(Br)c(OC)c(Br)c1)c1ccccc1. The number of nitrogens with one attached hydrogen (secondary N) is 2. The molecule has 29 heavy (non-hydrogen) atoms. The summed E-state index contributed by atoms with van der Waals surface area (Å²) in [7, 11) is 1.58. The predicted molar refractivity (Wildman–Crippen MR) is 118 cm³/mol. The van der Waals surface area contributed by atoms with Gasteiger partial charge in [-0.15, -0.1) is 0 Å². The van der Waals surface area contributed by atoms with E-state index in [4.69, 9.17) is 9.47 Å². The van der Waals surface area contributed by atoms with Gasteiger partial charge in [-0.05, 0) is 62.0 Å². The molecule has 2 aromatic rings. The highest BCUT2D eigenvalue weighted by molar-refractivity contribution is 9.11. The van der Waals surface area contributed by atoms with E-state index in [2.05, 4.69) is 47.7 Å². The van der Waals surface area contributed by atoms with Gasteiger partial charge in [0.25, 0.3) is 0 Å². The highest BCUT2D eigenvalue weighted by Gasteiger charge is 2.18. The Morgan fingerprint density at radius 1 is 1.17 bits per heavy atom. The minimum Gasteiger partial charge on any atom is -0.494 e. The lowest BCUT2D eigenvalue weighted by Crippen LogP contribution is -2.33. The van der Waals surface area contributed by atoms with Gasteiger partial charge in [0.1, 0.15) is 5.75 Å². The zero-order chi connectivity index (χ0) is 21.2. The van der Waals surface area contributed by atoms with Gasteiger partial charge in [-0.3, -0.25) is 4.79 Å². The molecule has 0 aliphatic heterocycles. The second kappa shape index (κ2) is 11.6. The van der Waals surface area contributed by atoms with E-state index in [-0.39, 0.29) is 18.9 Å². The van der Waals surface area contributed by atoms with Crippen molar-refractivity contribution in [3.8, 4) is 5.75 Å². The fraction of sp³-hybridized carbons (Fsp3) is 0.250. The molecule has 0 saturated carbocycles. The summed E-state index contributed by atoms with van der Waals surface area (Å²) in [6.07, 6.45) is 0.949. The van der Waals surface area contributed by atoms with E-state index in [1.54, 1.807) is 14.0 Å². The van der Waals surface area contributed by atoms with Crippen molar-refractivity contribution < 1.29 is 19.1 Å². The molecule has 2 amide bonds. The average Bonchev–Trinajstić information content (AvgIpc) is 2.68. The Kier molecular flexibility index (Phi) is 9.14. The molecule has 7 nitrogen and oxygen atoms in total. The standard InChI is InChI=1S/C20H21Br2N3O4/c1-3-29-20(27)24-17(14-7-5-4-6-8-14)11-18(26)25-23-12-13-9-15(21)19(28-2)16(22)10-13/h4-10,12,17H,3,11H2,1-2H3,(H,24,27)(H,25,26)/b23-12-/t17-/m0/s1. The number of carbonyl (C=O) groups is 2. The van der Waals surface area contributed by atoms with Crippen LogP contribution in [0.2, 0.25) is 0 Å². The van der Waals surface area contributed by atoms with Crippen LogP contribution >= 0.6 is 31.9 Å². The third-order valence-corrected chi connectivity index (χ3v) is 4.96. The molecular formula is C20H21Br2N3O4. The van der Waals surface area contributed by atoms with Gasteiger partial charge in [0, 0.05) is 0 Å². The number of halogens is 2. The summed E-state index contributed by atoms with van der Waals surface area (Å²) in [5, 5.41) is 6.69. The lowest BCUT2D eigenvalue weighted by molar-refractivity contribution is -0.121. The molecule has 0 aromatic heterocycles. The molecule has 1 atom stereocenters. The maximum absolute atomic E-state index is 12.3. The van der Waals surface area contributed by atoms with Gasteiger partial charge in [-0.25, -0.2) is 10.2 Å². The first-order valence-corrected chi connectivity index (χ1v) is 10.4. The summed E-state index contributed by atoms with van der Waals surface area (Å²) in [4.78, 5) is 24.1. The monoisotopic (exact) mass is 525 g/mol. The average molecular weight is 527 g/mol. The molecule has 0 fully saturated rings. The number of methoxy groups -OCH3 is 1. The van der Waals surface area contributed by atoms with Crippen molar-refractivity contribution in [1.82, 2.24) is 10.7 Å². The van der Waals surface area contributed by atoms with Crippen LogP contribution in [0, 0.1) is 0 Å². The van der Waals surface area contributed by atoms with Crippen molar-refractivity contribution in [2.75, 3.05) is 13.7 Å². The summed E-state index contributed by atoms with van der Waals surface area (Å²) in [5.41, 5.74) is 4.03. The minimum atomic E-state index is -0.578. The molecule has 0 unspecified atom stereocenters. The summed E-state index contributed by atoms with van der Waals surface area (Å²) in [6.45, 7) is 1.96. The van der Waals surface area contributed by atoms with Crippen molar-refractivity contribution >= 4 is 50.1 Å². The fourth-order valence-corrected chi connectivity index (χ4v) is 4.06. The van der Waals surface area contributed by atoms with Gasteiger partial charge in [0.2, 0.25) is 5.91 Å². The van der Waals surface area contributed by atoms with Crippen LogP contribution in [0.3, 0.4) is 0 Å². The van der Waals surface area contributed by atoms with Crippen LogP contribution < -0.4 is 15.5 Å². The molecule has 0 spiro atoms. The first kappa shape index (κ1) is 22.9. The zero-order valence-corrected chi connectivity index (χ0v) is 19.1. The van der Waals surface area contributed by atoms with Gasteiger partial charge < -0.3 is 14.8 Å². The first-order chi connectivity index (χ1) is 13.9. The van der Waals surface area contributed by atoms with Gasteiger partial charge in [0.15, 0.2) is 0 Å². The van der Waals surface area contributed by atoms with Crippen LogP contribution in [0.1, 0.15) is 30.5 Å². The highest BCUT2D eigenvalue weighted by atomic mass is 79.9. The van der Waals surface area contributed by atoms with Crippen LogP contribution in [0.15, 0.2) is 56.5 Å². The van der Waals surface area contributed by atoms with Crippen LogP contribution in [-0.2, 0) is 9.53 Å². The third kappa shape index (κ3) is 7.17. The maximum Gasteiger partial charge on any atom is 0.407 e. The Bertz CT molecular complexity index is 852. The van der Waals surface area contributed by atoms with Gasteiger partial charge in [-0.2, -0.15) is 5.10 Å². The number of benzene rings is 2. The van der Waals surface area contributed by atoms with E-state index < -0.39 is 12.1 Å². The number of hydrogen-bond acceptors (Lipinski definition) is 5. The molecule has 0 saturated heterocycles. The summed E-state index contributed by atoms with van der Waals surface area (Å²) < 4.78 is 11.7. The number of hydrogen-bond donors (Lipinski definition) is 2. The van der Waals surface area contributed by atoms with Crippen molar-refractivity contribution in [2.45, 2.75) is 19.4 Å². The number of hydrazone groups is 1. The number of carbonyl (C=O) groups excluding carboxylic acids is 2. The number of alkyl carbamates (subject to hydrolysis) is 1. The molecule has 0 aliphatic rings. The molecule has 0 radical (unpaired) electrons. The zero-order valence-electron chi connectivity index (χ0n) is 15.9. The molecule has 2 aromatic carbocycles. The molecule has 2 rings (SSSR count). The second-order valence-electron chi connectivity index (χ2n) is 5.84. The number of nitrogens with zero attached hydrogens (tertiary/aromatic N) is 1. The van der Waals surface area contributed by atoms with Crippen molar-refractivity contribution in [3.63, 3.8) is 0 Å². The lowest BCUT2D eigenvalue weighted by atomic mass is 10.0. The van der Waals surface area contributed by atoms with Crippen LogP contribution in [-0.4, -0.2) is 31.9 Å². The summed E-state index contributed by atoms with van der Waals surface area (Å²) >= 11 is 6.83. The number of rotatable bonds is 8. The Morgan fingerprint density at radius 2 is 1.83 bits per heavy atom. The van der Waals surface area contributed by atoms with Crippen LogP contribution in [0.25, 0.3) is 0 Å². The van der Waals surface area contributed by atoms with Gasteiger partial charge in [-0.1, -0.05) is 30.3 Å². The topological polar surface area (TPSA) is 89.0 Å². The van der Waals surface area contributed by atoms with Crippen LogP contribution in [0.4, 0.5) is 4.79 Å². The van der Waals surface area contributed by atoms with E-state index in [1.807, 2.05) is 42.5 Å². The Balaban J connectivity index is 2.02. The normalized spacial score (nSPS) is 11.7. The van der Waals surface area contributed by atoms with Crippen LogP contribution in [0.5, 0.6) is 5.75 Å². The Morgan fingerprint density at radius 3 is 2.41 bits per heavy atom. The predicted octanol–water partition coefficient (Wildman–Crippen LogP) is 4.55. The second-order valence-corrected chi connectivity index (χ2v) is 7.55. The maximum atomic E-state index is 12.3. The highest BCUT2D eigenvalue weighted by Crippen LogP contribution is 2.33. The van der Waals surface area contributed by atoms with Crippen molar-refractivity contribution in [3.05, 3.63) is 62.5 Å². The molecule has 0 aliphatic carbocycles. The van der Waals surface area contributed by atoms with Crippen molar-refractivity contribution in [2.24, 2.45) is 5.10 Å². The molecule has 154 valence electrons. The lowest BCUT2D eigenvalue weighted by Gasteiger charge is -2.18. The number of amides is 2. The van der Waals surface area contributed by atoms with Crippen molar-refractivity contribution in [1.29, 1.82) is 0 Å². The summed E-state index contributed by atoms with van der Waals surface area (Å²) in [6, 6.07) is 12.3. The van der Waals surface area contributed by atoms with Gasteiger partial charge >= 0.3 is 6.09 Å².